The number of nitrogens with two attached hydrogens (primary N) is 1. The maximum Gasteiger partial charge on any atom is 0.162 e. The molecule has 3 rings (SSSR count). The van der Waals surface area contributed by atoms with E-state index in [0.717, 1.165) is 35.0 Å². The molecule has 1 unspecified atom stereocenters. The molecule has 1 atom stereocenters. The fraction of sp³-hybridized carbons (Fsp3) is 0.400. The second kappa shape index (κ2) is 6.15. The lowest BCUT2D eigenvalue weighted by molar-refractivity contribution is 0.171. The molecule has 1 aromatic carbocycles. The van der Waals surface area contributed by atoms with Gasteiger partial charge in [-0.25, -0.2) is 4.98 Å². The average molecular weight is 289 g/mol. The predicted molar refractivity (Wildman–Crippen MR) is 78.4 cm³/mol. The second-order valence-electron chi connectivity index (χ2n) is 4.93. The van der Waals surface area contributed by atoms with E-state index in [9.17, 15) is 0 Å². The van der Waals surface area contributed by atoms with Crippen LogP contribution in [0.25, 0.3) is 11.3 Å². The van der Waals surface area contributed by atoms with Gasteiger partial charge in [-0.05, 0) is 24.6 Å². The quantitative estimate of drug-likeness (QED) is 0.878. The summed E-state index contributed by atoms with van der Waals surface area (Å²) in [5.74, 6) is 2.30. The number of nitrogens with one attached hydrogen (secondary N) is 1. The monoisotopic (exact) mass is 289 g/mol. The lowest BCUT2D eigenvalue weighted by Gasteiger charge is -2.18. The van der Waals surface area contributed by atoms with Gasteiger partial charge in [-0.1, -0.05) is 0 Å². The van der Waals surface area contributed by atoms with E-state index in [4.69, 9.17) is 19.9 Å². The third kappa shape index (κ3) is 3.01. The van der Waals surface area contributed by atoms with Crippen molar-refractivity contribution < 1.29 is 14.2 Å². The minimum absolute atomic E-state index is 0.157. The van der Waals surface area contributed by atoms with Crippen LogP contribution >= 0.6 is 0 Å². The summed E-state index contributed by atoms with van der Waals surface area (Å²) in [7, 11) is 1.66. The van der Waals surface area contributed by atoms with E-state index in [1.165, 1.54) is 0 Å². The Hall–Kier alpha value is -2.05. The number of hydrogen-bond acceptors (Lipinski definition) is 5. The molecule has 1 aliphatic heterocycles. The van der Waals surface area contributed by atoms with Crippen molar-refractivity contribution in [3.05, 3.63) is 30.2 Å². The fourth-order valence-electron chi connectivity index (χ4n) is 2.26. The van der Waals surface area contributed by atoms with Crippen LogP contribution in [0.15, 0.2) is 24.4 Å². The molecule has 0 aliphatic carbocycles. The Labute approximate surface area is 123 Å². The van der Waals surface area contributed by atoms with Gasteiger partial charge in [-0.3, -0.25) is 0 Å². The Bertz CT molecular complexity index is 612. The average Bonchev–Trinajstić information content (AvgIpc) is 3.02. The maximum atomic E-state index is 6.06. The molecule has 2 aromatic rings. The van der Waals surface area contributed by atoms with E-state index < -0.39 is 0 Å². The summed E-state index contributed by atoms with van der Waals surface area (Å²) in [5.41, 5.74) is 7.97. The number of aromatic nitrogens is 2. The summed E-state index contributed by atoms with van der Waals surface area (Å²) in [6.45, 7) is 1.78. The number of nitrogens with zero attached hydrogens (tertiary/aromatic N) is 1. The first kappa shape index (κ1) is 13.9. The molecule has 0 spiro atoms. The highest BCUT2D eigenvalue weighted by Gasteiger charge is 2.15. The number of imidazole rings is 1. The second-order valence-corrected chi connectivity index (χ2v) is 4.93. The van der Waals surface area contributed by atoms with Gasteiger partial charge in [0.15, 0.2) is 11.5 Å². The Morgan fingerprint density at radius 1 is 1.33 bits per heavy atom. The van der Waals surface area contributed by atoms with Gasteiger partial charge >= 0.3 is 0 Å². The summed E-state index contributed by atoms with van der Waals surface area (Å²) in [6, 6.07) is 5.68. The van der Waals surface area contributed by atoms with E-state index in [2.05, 4.69) is 9.97 Å². The van der Waals surface area contributed by atoms with Gasteiger partial charge in [0.05, 0.1) is 17.9 Å². The summed E-state index contributed by atoms with van der Waals surface area (Å²) in [6.07, 6.45) is 2.51. The Kier molecular flexibility index (Phi) is 4.08. The van der Waals surface area contributed by atoms with Crippen LogP contribution in [-0.2, 0) is 4.74 Å². The maximum absolute atomic E-state index is 6.06. The number of aromatic amines is 1. The third-order valence-corrected chi connectivity index (χ3v) is 3.43. The lowest BCUT2D eigenvalue weighted by atomic mass is 10.1. The number of rotatable bonds is 5. The number of fused-ring (bicyclic) bond motifs is 1. The van der Waals surface area contributed by atoms with Gasteiger partial charge in [-0.15, -0.1) is 0 Å². The van der Waals surface area contributed by atoms with Gasteiger partial charge in [0.2, 0.25) is 0 Å². The Morgan fingerprint density at radius 2 is 2.14 bits per heavy atom. The minimum Gasteiger partial charge on any atom is -0.486 e. The first-order valence-electron chi connectivity index (χ1n) is 6.97. The molecule has 0 bridgehead atoms. The van der Waals surface area contributed by atoms with Gasteiger partial charge < -0.3 is 24.9 Å². The standard InChI is InChI=1S/C15H19N3O3/c1-19-5-4-11(16)15-17-9-12(18-15)10-2-3-13-14(8-10)21-7-6-20-13/h2-3,8-9,11H,4-7,16H2,1H3,(H,17,18). The third-order valence-electron chi connectivity index (χ3n) is 3.43. The zero-order chi connectivity index (χ0) is 14.7. The molecule has 2 heterocycles. The summed E-state index contributed by atoms with van der Waals surface area (Å²) in [4.78, 5) is 7.61. The van der Waals surface area contributed by atoms with E-state index in [-0.39, 0.29) is 6.04 Å². The van der Waals surface area contributed by atoms with Gasteiger partial charge in [0.1, 0.15) is 19.0 Å². The molecule has 3 N–H and O–H groups in total. The van der Waals surface area contributed by atoms with E-state index >= 15 is 0 Å². The minimum atomic E-state index is -0.157. The van der Waals surface area contributed by atoms with E-state index in [1.54, 1.807) is 13.3 Å². The number of methoxy groups -OCH3 is 1. The van der Waals surface area contributed by atoms with Crippen LogP contribution in [0.2, 0.25) is 0 Å². The van der Waals surface area contributed by atoms with Gasteiger partial charge in [0.25, 0.3) is 0 Å². The molecule has 0 amide bonds. The van der Waals surface area contributed by atoms with Crippen LogP contribution in [0.3, 0.4) is 0 Å². The summed E-state index contributed by atoms with van der Waals surface area (Å²) in [5, 5.41) is 0. The highest BCUT2D eigenvalue weighted by atomic mass is 16.6. The van der Waals surface area contributed by atoms with Crippen molar-refractivity contribution in [2.45, 2.75) is 12.5 Å². The fourth-order valence-corrected chi connectivity index (χ4v) is 2.26. The van der Waals surface area contributed by atoms with Crippen molar-refractivity contribution in [1.82, 2.24) is 9.97 Å². The predicted octanol–water partition coefficient (Wildman–Crippen LogP) is 1.88. The molecular weight excluding hydrogens is 270 g/mol. The molecule has 0 fully saturated rings. The van der Waals surface area contributed by atoms with E-state index in [1.807, 2.05) is 18.2 Å². The van der Waals surface area contributed by atoms with Crippen molar-refractivity contribution in [3.8, 4) is 22.8 Å². The van der Waals surface area contributed by atoms with E-state index in [0.29, 0.717) is 19.8 Å². The van der Waals surface area contributed by atoms with Crippen molar-refractivity contribution in [3.63, 3.8) is 0 Å². The molecule has 0 saturated carbocycles. The van der Waals surface area contributed by atoms with Gasteiger partial charge in [0, 0.05) is 19.3 Å². The molecule has 1 aliphatic rings. The van der Waals surface area contributed by atoms with Gasteiger partial charge in [-0.2, -0.15) is 0 Å². The Balaban J connectivity index is 1.79. The molecular formula is C15H19N3O3. The highest BCUT2D eigenvalue weighted by Crippen LogP contribution is 2.34. The van der Waals surface area contributed by atoms with Crippen molar-refractivity contribution in [1.29, 1.82) is 0 Å². The zero-order valence-electron chi connectivity index (χ0n) is 12.0. The highest BCUT2D eigenvalue weighted by molar-refractivity contribution is 5.63. The normalized spacial score (nSPS) is 15.0. The van der Waals surface area contributed by atoms with Crippen molar-refractivity contribution >= 4 is 0 Å². The van der Waals surface area contributed by atoms with Crippen LogP contribution in [-0.4, -0.2) is 36.9 Å². The number of benzene rings is 1. The van der Waals surface area contributed by atoms with Crippen LogP contribution in [0, 0.1) is 0 Å². The zero-order valence-corrected chi connectivity index (χ0v) is 12.0. The van der Waals surface area contributed by atoms with Crippen LogP contribution in [0.5, 0.6) is 11.5 Å². The molecule has 1 aromatic heterocycles. The van der Waals surface area contributed by atoms with Crippen molar-refractivity contribution in [2.24, 2.45) is 5.73 Å². The molecule has 112 valence electrons. The lowest BCUT2D eigenvalue weighted by Crippen LogP contribution is -2.15. The Morgan fingerprint density at radius 3 is 2.95 bits per heavy atom. The number of hydrogen-bond donors (Lipinski definition) is 2. The summed E-state index contributed by atoms with van der Waals surface area (Å²) < 4.78 is 16.1. The molecule has 6 nitrogen and oxygen atoms in total. The molecule has 21 heavy (non-hydrogen) atoms. The largest absolute Gasteiger partial charge is 0.486 e. The van der Waals surface area contributed by atoms with Crippen LogP contribution < -0.4 is 15.2 Å². The molecule has 0 radical (unpaired) electrons. The molecule has 6 heteroatoms. The SMILES string of the molecule is COCCC(N)c1ncc(-c2ccc3c(c2)OCCO3)[nH]1. The number of H-pyrrole nitrogens is 1. The smallest absolute Gasteiger partial charge is 0.162 e. The topological polar surface area (TPSA) is 82.4 Å². The first-order chi connectivity index (χ1) is 10.3. The summed E-state index contributed by atoms with van der Waals surface area (Å²) >= 11 is 0. The first-order valence-corrected chi connectivity index (χ1v) is 6.97. The number of ether oxygens (including phenoxy) is 3. The van der Waals surface area contributed by atoms with Crippen molar-refractivity contribution in [2.75, 3.05) is 26.9 Å². The van der Waals surface area contributed by atoms with Crippen LogP contribution in [0.4, 0.5) is 0 Å². The molecule has 0 saturated heterocycles. The van der Waals surface area contributed by atoms with Crippen LogP contribution in [0.1, 0.15) is 18.3 Å².